The van der Waals surface area contributed by atoms with Crippen LogP contribution < -0.4 is 4.90 Å². The van der Waals surface area contributed by atoms with E-state index in [9.17, 15) is 0 Å². The minimum atomic E-state index is 0.639. The third-order valence-electron chi connectivity index (χ3n) is 3.45. The van der Waals surface area contributed by atoms with Crippen molar-refractivity contribution < 1.29 is 0 Å². The van der Waals surface area contributed by atoms with Crippen molar-refractivity contribution in [3.05, 3.63) is 60.2 Å². The second kappa shape index (κ2) is 5.93. The maximum Gasteiger partial charge on any atom is 0.183 e. The second-order valence-corrected chi connectivity index (χ2v) is 5.43. The molecule has 0 saturated carbocycles. The molecule has 0 bridgehead atoms. The van der Waals surface area contributed by atoms with Crippen LogP contribution in [0.2, 0.25) is 0 Å². The Morgan fingerprint density at radius 3 is 2.09 bits per heavy atom. The van der Waals surface area contributed by atoms with Crippen molar-refractivity contribution in [2.45, 2.75) is 6.92 Å². The predicted octanol–water partition coefficient (Wildman–Crippen LogP) is 3.58. The van der Waals surface area contributed by atoms with Gasteiger partial charge < -0.3 is 4.90 Å². The zero-order valence-electron chi connectivity index (χ0n) is 13.0. The summed E-state index contributed by atoms with van der Waals surface area (Å²) >= 11 is 0. The molecular weight excluding hydrogens is 272 g/mol. The first-order chi connectivity index (χ1) is 10.6. The lowest BCUT2D eigenvalue weighted by atomic mass is 10.1. The molecule has 3 rings (SSSR count). The van der Waals surface area contributed by atoms with Crippen LogP contribution in [0.3, 0.4) is 0 Å². The van der Waals surface area contributed by atoms with E-state index in [0.29, 0.717) is 5.82 Å². The molecule has 4 nitrogen and oxygen atoms in total. The van der Waals surface area contributed by atoms with Crippen molar-refractivity contribution in [3.8, 4) is 22.6 Å². The minimum Gasteiger partial charge on any atom is -0.361 e. The van der Waals surface area contributed by atoms with E-state index in [1.54, 1.807) is 0 Å². The Labute approximate surface area is 130 Å². The average molecular weight is 290 g/mol. The molecule has 22 heavy (non-hydrogen) atoms. The van der Waals surface area contributed by atoms with Gasteiger partial charge in [0.05, 0.1) is 0 Å². The molecule has 110 valence electrons. The maximum atomic E-state index is 4.69. The molecule has 2 aromatic carbocycles. The SMILES string of the molecule is Cc1ccc(-c2nnc(-c3ccccc3)nc2N(C)C)cc1. The van der Waals surface area contributed by atoms with E-state index in [4.69, 9.17) is 4.98 Å². The molecule has 1 heterocycles. The number of aromatic nitrogens is 3. The topological polar surface area (TPSA) is 41.9 Å². The number of rotatable bonds is 3. The molecule has 0 fully saturated rings. The van der Waals surface area contributed by atoms with Gasteiger partial charge in [-0.1, -0.05) is 60.2 Å². The summed E-state index contributed by atoms with van der Waals surface area (Å²) in [6, 6.07) is 18.1. The second-order valence-electron chi connectivity index (χ2n) is 5.43. The highest BCUT2D eigenvalue weighted by Gasteiger charge is 2.14. The molecule has 4 heteroatoms. The highest BCUT2D eigenvalue weighted by atomic mass is 15.2. The van der Waals surface area contributed by atoms with E-state index < -0.39 is 0 Å². The minimum absolute atomic E-state index is 0.639. The smallest absolute Gasteiger partial charge is 0.183 e. The van der Waals surface area contributed by atoms with Gasteiger partial charge in [0.1, 0.15) is 5.69 Å². The van der Waals surface area contributed by atoms with Crippen LogP contribution in [0.5, 0.6) is 0 Å². The number of anilines is 1. The molecule has 0 aliphatic heterocycles. The van der Waals surface area contributed by atoms with Gasteiger partial charge in [0, 0.05) is 25.2 Å². The monoisotopic (exact) mass is 290 g/mol. The molecule has 0 spiro atoms. The van der Waals surface area contributed by atoms with E-state index in [2.05, 4.69) is 41.4 Å². The molecule has 0 aliphatic rings. The molecule has 3 aromatic rings. The Bertz CT molecular complexity index is 765. The Morgan fingerprint density at radius 1 is 0.773 bits per heavy atom. The van der Waals surface area contributed by atoms with Gasteiger partial charge >= 0.3 is 0 Å². The zero-order valence-corrected chi connectivity index (χ0v) is 13.0. The van der Waals surface area contributed by atoms with E-state index in [0.717, 1.165) is 22.6 Å². The first kappa shape index (κ1) is 14.2. The maximum absolute atomic E-state index is 4.69. The van der Waals surface area contributed by atoms with Crippen molar-refractivity contribution in [3.63, 3.8) is 0 Å². The molecule has 0 saturated heterocycles. The molecule has 0 unspecified atom stereocenters. The van der Waals surface area contributed by atoms with Crippen LogP contribution in [0.1, 0.15) is 5.56 Å². The van der Waals surface area contributed by atoms with E-state index >= 15 is 0 Å². The van der Waals surface area contributed by atoms with Crippen LogP contribution in [-0.4, -0.2) is 29.3 Å². The summed E-state index contributed by atoms with van der Waals surface area (Å²) in [6.45, 7) is 2.07. The van der Waals surface area contributed by atoms with Crippen molar-refractivity contribution in [1.82, 2.24) is 15.2 Å². The molecule has 0 aliphatic carbocycles. The number of aryl methyl sites for hydroxylation is 1. The zero-order chi connectivity index (χ0) is 15.5. The third kappa shape index (κ3) is 2.81. The quantitative estimate of drug-likeness (QED) is 0.739. The lowest BCUT2D eigenvalue weighted by Gasteiger charge is -2.16. The summed E-state index contributed by atoms with van der Waals surface area (Å²) in [7, 11) is 3.94. The number of hydrogen-bond acceptors (Lipinski definition) is 4. The summed E-state index contributed by atoms with van der Waals surface area (Å²) in [5.74, 6) is 1.46. The predicted molar refractivity (Wildman–Crippen MR) is 89.8 cm³/mol. The lowest BCUT2D eigenvalue weighted by Crippen LogP contribution is -2.14. The van der Waals surface area contributed by atoms with Gasteiger partial charge in [-0.25, -0.2) is 4.98 Å². The Morgan fingerprint density at radius 2 is 1.45 bits per heavy atom. The van der Waals surface area contributed by atoms with Gasteiger partial charge in [-0.05, 0) is 6.92 Å². The Kier molecular flexibility index (Phi) is 3.83. The van der Waals surface area contributed by atoms with Gasteiger partial charge in [0.2, 0.25) is 0 Å². The van der Waals surface area contributed by atoms with Crippen molar-refractivity contribution in [1.29, 1.82) is 0 Å². The molecule has 0 amide bonds. The average Bonchev–Trinajstić information content (AvgIpc) is 2.56. The van der Waals surface area contributed by atoms with Gasteiger partial charge in [-0.3, -0.25) is 0 Å². The van der Waals surface area contributed by atoms with Gasteiger partial charge in [0.25, 0.3) is 0 Å². The van der Waals surface area contributed by atoms with Crippen LogP contribution in [0.4, 0.5) is 5.82 Å². The van der Waals surface area contributed by atoms with Crippen LogP contribution in [0.15, 0.2) is 54.6 Å². The highest BCUT2D eigenvalue weighted by Crippen LogP contribution is 2.27. The fourth-order valence-corrected chi connectivity index (χ4v) is 2.24. The van der Waals surface area contributed by atoms with E-state index in [-0.39, 0.29) is 0 Å². The fourth-order valence-electron chi connectivity index (χ4n) is 2.24. The summed E-state index contributed by atoms with van der Waals surface area (Å²) in [6.07, 6.45) is 0. The van der Waals surface area contributed by atoms with Gasteiger partial charge in [0.15, 0.2) is 11.6 Å². The van der Waals surface area contributed by atoms with Crippen LogP contribution in [-0.2, 0) is 0 Å². The van der Waals surface area contributed by atoms with E-state index in [1.807, 2.05) is 49.3 Å². The van der Waals surface area contributed by atoms with Crippen LogP contribution in [0.25, 0.3) is 22.6 Å². The normalized spacial score (nSPS) is 10.5. The van der Waals surface area contributed by atoms with Crippen molar-refractivity contribution >= 4 is 5.82 Å². The highest BCUT2D eigenvalue weighted by molar-refractivity contribution is 5.73. The van der Waals surface area contributed by atoms with Gasteiger partial charge in [-0.15, -0.1) is 10.2 Å². The summed E-state index contributed by atoms with van der Waals surface area (Å²) in [5.41, 5.74) is 4.00. The molecule has 0 radical (unpaired) electrons. The van der Waals surface area contributed by atoms with Crippen LogP contribution >= 0.6 is 0 Å². The molecule has 0 atom stereocenters. The lowest BCUT2D eigenvalue weighted by molar-refractivity contribution is 0.951. The summed E-state index contributed by atoms with van der Waals surface area (Å²) in [4.78, 5) is 6.66. The van der Waals surface area contributed by atoms with Gasteiger partial charge in [-0.2, -0.15) is 0 Å². The summed E-state index contributed by atoms with van der Waals surface area (Å²) in [5, 5.41) is 8.73. The number of hydrogen-bond donors (Lipinski definition) is 0. The van der Waals surface area contributed by atoms with Crippen molar-refractivity contribution in [2.75, 3.05) is 19.0 Å². The first-order valence-corrected chi connectivity index (χ1v) is 7.19. The van der Waals surface area contributed by atoms with Crippen LogP contribution in [0, 0.1) is 6.92 Å². The fraction of sp³-hybridized carbons (Fsp3) is 0.167. The number of benzene rings is 2. The van der Waals surface area contributed by atoms with E-state index in [1.165, 1.54) is 5.56 Å². The number of nitrogens with zero attached hydrogens (tertiary/aromatic N) is 4. The van der Waals surface area contributed by atoms with Crippen molar-refractivity contribution in [2.24, 2.45) is 0 Å². The molecule has 1 aromatic heterocycles. The molecule has 0 N–H and O–H groups in total. The largest absolute Gasteiger partial charge is 0.361 e. The standard InChI is InChI=1S/C18H18N4/c1-13-9-11-14(12-10-13)16-18(22(2)3)19-17(21-20-16)15-7-5-4-6-8-15/h4-12H,1-3H3. The molecular formula is C18H18N4. The Hall–Kier alpha value is -2.75. The third-order valence-corrected chi connectivity index (χ3v) is 3.45. The summed E-state index contributed by atoms with van der Waals surface area (Å²) < 4.78 is 0. The Balaban J connectivity index is 2.10. The first-order valence-electron chi connectivity index (χ1n) is 7.19.